The maximum absolute atomic E-state index is 12.4. The molecule has 0 aliphatic carbocycles. The molecule has 172 valence electrons. The summed E-state index contributed by atoms with van der Waals surface area (Å²) in [5, 5.41) is 3.21. The van der Waals surface area contributed by atoms with Crippen LogP contribution in [-0.2, 0) is 27.2 Å². The third-order valence-corrected chi connectivity index (χ3v) is 5.03. The maximum atomic E-state index is 12.4. The molecule has 2 aliphatic rings. The van der Waals surface area contributed by atoms with E-state index in [0.717, 1.165) is 22.7 Å². The van der Waals surface area contributed by atoms with Gasteiger partial charge in [0, 0.05) is 18.4 Å². The van der Waals surface area contributed by atoms with Crippen LogP contribution < -0.4 is 10.1 Å². The van der Waals surface area contributed by atoms with Crippen molar-refractivity contribution in [2.75, 3.05) is 38.3 Å². The molecule has 0 saturated carbocycles. The lowest BCUT2D eigenvalue weighted by atomic mass is 10.1. The average molecular weight is 443 g/mol. The molecule has 1 unspecified atom stereocenters. The average Bonchev–Trinajstić information content (AvgIpc) is 2.78. The Morgan fingerprint density at radius 1 is 1.25 bits per heavy atom. The summed E-state index contributed by atoms with van der Waals surface area (Å²) < 4.78 is 22.2. The molecule has 1 aromatic carbocycles. The van der Waals surface area contributed by atoms with Crippen LogP contribution in [0.5, 0.6) is 5.75 Å². The van der Waals surface area contributed by atoms with E-state index < -0.39 is 5.60 Å². The van der Waals surface area contributed by atoms with Gasteiger partial charge in [0.15, 0.2) is 0 Å². The predicted octanol–water partition coefficient (Wildman–Crippen LogP) is 3.31. The zero-order valence-electron chi connectivity index (χ0n) is 18.8. The Labute approximate surface area is 188 Å². The van der Waals surface area contributed by atoms with Gasteiger partial charge in [-0.15, -0.1) is 0 Å². The molecule has 1 N–H and O–H groups in total. The van der Waals surface area contributed by atoms with Crippen molar-refractivity contribution < 1.29 is 23.7 Å². The molecule has 1 atom stereocenters. The van der Waals surface area contributed by atoms with Gasteiger partial charge in [-0.2, -0.15) is 0 Å². The van der Waals surface area contributed by atoms with Gasteiger partial charge in [0.25, 0.3) is 0 Å². The highest BCUT2D eigenvalue weighted by molar-refractivity contribution is 5.68. The fraction of sp³-hybridized carbons (Fsp3) is 0.522. The van der Waals surface area contributed by atoms with Gasteiger partial charge in [0.1, 0.15) is 24.1 Å². The number of ether oxygens (including phenoxy) is 4. The van der Waals surface area contributed by atoms with E-state index in [4.69, 9.17) is 18.9 Å². The highest BCUT2D eigenvalue weighted by Gasteiger charge is 2.26. The van der Waals surface area contributed by atoms with Gasteiger partial charge in [-0.25, -0.2) is 14.8 Å². The van der Waals surface area contributed by atoms with Crippen LogP contribution in [0.25, 0.3) is 0 Å². The number of carbonyl (C=O) groups is 1. The first-order chi connectivity index (χ1) is 15.4. The molecule has 9 nitrogen and oxygen atoms in total. The van der Waals surface area contributed by atoms with E-state index in [-0.39, 0.29) is 12.2 Å². The van der Waals surface area contributed by atoms with Crippen LogP contribution in [0.3, 0.4) is 0 Å². The second-order valence-electron chi connectivity index (χ2n) is 8.85. The van der Waals surface area contributed by atoms with Gasteiger partial charge >= 0.3 is 6.09 Å². The predicted molar refractivity (Wildman–Crippen MR) is 118 cm³/mol. The van der Waals surface area contributed by atoms with Crippen molar-refractivity contribution >= 4 is 17.7 Å². The largest absolute Gasteiger partial charge is 0.491 e. The fourth-order valence-electron chi connectivity index (χ4n) is 3.43. The standard InChI is InChI=1S/C23H30N4O5/c1-23(2,3)32-22(28)27-9-8-16-12-24-21(26-20(16)13-27)25-17-4-6-18(7-5-17)31-15-19-14-29-10-11-30-19/h4-7,12,19H,8-11,13-15H2,1-3H3,(H,24,25,26). The van der Waals surface area contributed by atoms with Crippen molar-refractivity contribution in [3.05, 3.63) is 41.7 Å². The molecule has 1 saturated heterocycles. The number of hydrogen-bond acceptors (Lipinski definition) is 8. The van der Waals surface area contributed by atoms with Gasteiger partial charge in [-0.1, -0.05) is 0 Å². The van der Waals surface area contributed by atoms with E-state index in [2.05, 4.69) is 15.3 Å². The SMILES string of the molecule is CC(C)(C)OC(=O)N1CCc2cnc(Nc3ccc(OCC4COCCO4)cc3)nc2C1. The van der Waals surface area contributed by atoms with E-state index in [0.29, 0.717) is 51.9 Å². The lowest BCUT2D eigenvalue weighted by molar-refractivity contribution is -0.101. The Morgan fingerprint density at radius 3 is 2.78 bits per heavy atom. The highest BCUT2D eigenvalue weighted by atomic mass is 16.6. The molecule has 3 heterocycles. The van der Waals surface area contributed by atoms with E-state index in [1.807, 2.05) is 51.2 Å². The second kappa shape index (κ2) is 9.70. The summed E-state index contributed by atoms with van der Waals surface area (Å²) in [6.07, 6.45) is 2.17. The topological polar surface area (TPSA) is 95.0 Å². The van der Waals surface area contributed by atoms with Crippen molar-refractivity contribution in [3.63, 3.8) is 0 Å². The zero-order valence-corrected chi connectivity index (χ0v) is 18.8. The van der Waals surface area contributed by atoms with Crippen molar-refractivity contribution in [1.82, 2.24) is 14.9 Å². The number of amides is 1. The van der Waals surface area contributed by atoms with Gasteiger partial charge in [0.2, 0.25) is 5.95 Å². The summed E-state index contributed by atoms with van der Waals surface area (Å²) in [5.41, 5.74) is 2.19. The molecule has 2 aliphatic heterocycles. The molecule has 0 radical (unpaired) electrons. The molecule has 1 fully saturated rings. The molecule has 2 aromatic rings. The minimum absolute atomic E-state index is 0.0364. The van der Waals surface area contributed by atoms with E-state index in [1.165, 1.54) is 0 Å². The van der Waals surface area contributed by atoms with Crippen LogP contribution in [0.2, 0.25) is 0 Å². The molecular weight excluding hydrogens is 412 g/mol. The molecule has 9 heteroatoms. The molecule has 1 aromatic heterocycles. The lowest BCUT2D eigenvalue weighted by Crippen LogP contribution is -2.40. The Balaban J connectivity index is 1.34. The summed E-state index contributed by atoms with van der Waals surface area (Å²) in [4.78, 5) is 23.1. The monoisotopic (exact) mass is 442 g/mol. The third-order valence-electron chi connectivity index (χ3n) is 5.03. The van der Waals surface area contributed by atoms with Crippen molar-refractivity contribution in [2.45, 2.75) is 45.4 Å². The molecule has 4 rings (SSSR count). The third kappa shape index (κ3) is 6.08. The second-order valence-corrected chi connectivity index (χ2v) is 8.85. The van der Waals surface area contributed by atoms with Crippen LogP contribution in [0, 0.1) is 0 Å². The minimum Gasteiger partial charge on any atom is -0.491 e. The highest BCUT2D eigenvalue weighted by Crippen LogP contribution is 2.23. The first kappa shape index (κ1) is 22.3. The van der Waals surface area contributed by atoms with Gasteiger partial charge in [0.05, 0.1) is 32.1 Å². The number of hydrogen-bond donors (Lipinski definition) is 1. The Morgan fingerprint density at radius 2 is 2.06 bits per heavy atom. The number of aromatic nitrogens is 2. The lowest BCUT2D eigenvalue weighted by Gasteiger charge is -2.30. The number of carbonyl (C=O) groups excluding carboxylic acids is 1. The van der Waals surface area contributed by atoms with E-state index in [9.17, 15) is 4.79 Å². The number of rotatable bonds is 5. The number of nitrogens with zero attached hydrogens (tertiary/aromatic N) is 3. The van der Waals surface area contributed by atoms with Gasteiger partial charge < -0.3 is 29.2 Å². The molecule has 32 heavy (non-hydrogen) atoms. The van der Waals surface area contributed by atoms with Crippen molar-refractivity contribution in [3.8, 4) is 5.75 Å². The summed E-state index contributed by atoms with van der Waals surface area (Å²) in [6.45, 7) is 8.84. The number of anilines is 2. The first-order valence-corrected chi connectivity index (χ1v) is 10.9. The molecule has 0 bridgehead atoms. The quantitative estimate of drug-likeness (QED) is 0.754. The Hall–Kier alpha value is -2.91. The van der Waals surface area contributed by atoms with Crippen LogP contribution in [-0.4, -0.2) is 65.6 Å². The normalized spacial score (nSPS) is 18.6. The molecular formula is C23H30N4O5. The Kier molecular flexibility index (Phi) is 6.76. The molecule has 1 amide bonds. The van der Waals surface area contributed by atoms with Crippen LogP contribution in [0.4, 0.5) is 16.4 Å². The Bertz CT molecular complexity index is 923. The van der Waals surface area contributed by atoms with E-state index >= 15 is 0 Å². The van der Waals surface area contributed by atoms with Crippen LogP contribution >= 0.6 is 0 Å². The van der Waals surface area contributed by atoms with Crippen molar-refractivity contribution in [1.29, 1.82) is 0 Å². The fourth-order valence-corrected chi connectivity index (χ4v) is 3.43. The number of benzene rings is 1. The summed E-state index contributed by atoms with van der Waals surface area (Å²) in [7, 11) is 0. The van der Waals surface area contributed by atoms with Gasteiger partial charge in [-0.05, 0) is 57.0 Å². The van der Waals surface area contributed by atoms with Crippen LogP contribution in [0.1, 0.15) is 32.0 Å². The summed E-state index contributed by atoms with van der Waals surface area (Å²) >= 11 is 0. The van der Waals surface area contributed by atoms with E-state index in [1.54, 1.807) is 4.90 Å². The molecule has 0 spiro atoms. The maximum Gasteiger partial charge on any atom is 0.410 e. The summed E-state index contributed by atoms with van der Waals surface area (Å²) in [5.74, 6) is 1.24. The summed E-state index contributed by atoms with van der Waals surface area (Å²) in [6, 6.07) is 7.58. The first-order valence-electron chi connectivity index (χ1n) is 10.9. The van der Waals surface area contributed by atoms with Crippen LogP contribution in [0.15, 0.2) is 30.5 Å². The minimum atomic E-state index is -0.525. The number of nitrogens with one attached hydrogen (secondary N) is 1. The van der Waals surface area contributed by atoms with Gasteiger partial charge in [-0.3, -0.25) is 0 Å². The smallest absolute Gasteiger partial charge is 0.410 e. The van der Waals surface area contributed by atoms with Crippen molar-refractivity contribution in [2.24, 2.45) is 0 Å². The number of fused-ring (bicyclic) bond motifs is 1. The zero-order chi connectivity index (χ0) is 22.6.